The van der Waals surface area contributed by atoms with E-state index in [-0.39, 0.29) is 5.57 Å². The first-order chi connectivity index (χ1) is 14.7. The summed E-state index contributed by atoms with van der Waals surface area (Å²) in [4.78, 5) is 1.61. The van der Waals surface area contributed by atoms with Gasteiger partial charge in [0.05, 0.1) is 6.07 Å². The fourth-order valence-corrected chi connectivity index (χ4v) is 4.41. The summed E-state index contributed by atoms with van der Waals surface area (Å²) in [6.45, 7) is 0.336. The SMILES string of the molecule is N#CC1=C(F)N(CCc2ccccc2)C(c2ccccc2)(c2ccccc2)C1C#N. The molecule has 3 nitrogen and oxygen atoms in total. The fraction of sp³-hybridized carbons (Fsp3) is 0.154. The van der Waals surface area contributed by atoms with Crippen molar-refractivity contribution in [1.82, 2.24) is 4.90 Å². The van der Waals surface area contributed by atoms with Crippen molar-refractivity contribution in [2.24, 2.45) is 5.92 Å². The van der Waals surface area contributed by atoms with Crippen LogP contribution in [0.5, 0.6) is 0 Å². The second kappa shape index (κ2) is 8.23. The van der Waals surface area contributed by atoms with Crippen LogP contribution in [-0.2, 0) is 12.0 Å². The van der Waals surface area contributed by atoms with E-state index in [1.807, 2.05) is 97.1 Å². The quantitative estimate of drug-likeness (QED) is 0.550. The Bertz CT molecular complexity index is 1090. The molecule has 1 unspecified atom stereocenters. The molecule has 146 valence electrons. The van der Waals surface area contributed by atoms with E-state index < -0.39 is 17.4 Å². The molecule has 0 saturated heterocycles. The molecule has 0 bridgehead atoms. The molecule has 0 aliphatic carbocycles. The van der Waals surface area contributed by atoms with Gasteiger partial charge in [0.2, 0.25) is 5.95 Å². The zero-order chi connectivity index (χ0) is 21.0. The van der Waals surface area contributed by atoms with Gasteiger partial charge in [0.25, 0.3) is 0 Å². The monoisotopic (exact) mass is 393 g/mol. The van der Waals surface area contributed by atoms with E-state index >= 15 is 4.39 Å². The number of rotatable bonds is 5. The van der Waals surface area contributed by atoms with Crippen molar-refractivity contribution in [3.05, 3.63) is 119 Å². The first-order valence-electron chi connectivity index (χ1n) is 9.85. The number of nitrogens with zero attached hydrogens (tertiary/aromatic N) is 3. The molecule has 0 radical (unpaired) electrons. The van der Waals surface area contributed by atoms with Crippen LogP contribution in [0.1, 0.15) is 16.7 Å². The number of benzene rings is 3. The Morgan fingerprint density at radius 2 is 1.30 bits per heavy atom. The third-order valence-corrected chi connectivity index (χ3v) is 5.74. The van der Waals surface area contributed by atoms with Gasteiger partial charge in [-0.25, -0.2) is 0 Å². The van der Waals surface area contributed by atoms with E-state index in [9.17, 15) is 10.5 Å². The lowest BCUT2D eigenvalue weighted by Crippen LogP contribution is -2.47. The second-order valence-electron chi connectivity index (χ2n) is 7.26. The van der Waals surface area contributed by atoms with Crippen molar-refractivity contribution in [1.29, 1.82) is 10.5 Å². The van der Waals surface area contributed by atoms with Crippen LogP contribution in [0.25, 0.3) is 0 Å². The van der Waals surface area contributed by atoms with E-state index in [4.69, 9.17) is 0 Å². The van der Waals surface area contributed by atoms with Crippen molar-refractivity contribution in [2.45, 2.75) is 12.0 Å². The van der Waals surface area contributed by atoms with Gasteiger partial charge < -0.3 is 4.90 Å². The van der Waals surface area contributed by atoms with Crippen LogP contribution in [0.4, 0.5) is 4.39 Å². The average molecular weight is 393 g/mol. The van der Waals surface area contributed by atoms with Gasteiger partial charge in [0, 0.05) is 6.54 Å². The molecule has 4 heteroatoms. The highest BCUT2D eigenvalue weighted by atomic mass is 19.1. The minimum atomic E-state index is -1.11. The summed E-state index contributed by atoms with van der Waals surface area (Å²) in [6.07, 6.45) is 0.590. The highest BCUT2D eigenvalue weighted by Crippen LogP contribution is 2.52. The van der Waals surface area contributed by atoms with Crippen LogP contribution in [0.3, 0.4) is 0 Å². The Hall–Kier alpha value is -3.89. The van der Waals surface area contributed by atoms with Crippen molar-refractivity contribution >= 4 is 0 Å². The molecule has 0 N–H and O–H groups in total. The largest absolute Gasteiger partial charge is 0.332 e. The Balaban J connectivity index is 1.92. The molecular formula is C26H20FN3. The first-order valence-corrected chi connectivity index (χ1v) is 9.85. The molecule has 1 heterocycles. The molecule has 0 aromatic heterocycles. The summed E-state index contributed by atoms with van der Waals surface area (Å²) < 4.78 is 15.7. The van der Waals surface area contributed by atoms with Gasteiger partial charge in [0.15, 0.2) is 0 Å². The zero-order valence-electron chi connectivity index (χ0n) is 16.4. The van der Waals surface area contributed by atoms with E-state index in [1.54, 1.807) is 4.90 Å². The van der Waals surface area contributed by atoms with Crippen LogP contribution in [0.2, 0.25) is 0 Å². The number of nitriles is 2. The summed E-state index contributed by atoms with van der Waals surface area (Å²) in [6, 6.07) is 33.0. The van der Waals surface area contributed by atoms with Crippen LogP contribution in [0.15, 0.2) is 103 Å². The van der Waals surface area contributed by atoms with Gasteiger partial charge in [-0.05, 0) is 23.1 Å². The van der Waals surface area contributed by atoms with Gasteiger partial charge in [-0.1, -0.05) is 91.0 Å². The summed E-state index contributed by atoms with van der Waals surface area (Å²) in [5.41, 5.74) is 1.42. The van der Waals surface area contributed by atoms with E-state index in [2.05, 4.69) is 6.07 Å². The lowest BCUT2D eigenvalue weighted by atomic mass is 9.72. The van der Waals surface area contributed by atoms with E-state index in [1.165, 1.54) is 0 Å². The maximum atomic E-state index is 15.7. The van der Waals surface area contributed by atoms with Gasteiger partial charge in [-0.3, -0.25) is 0 Å². The Morgan fingerprint density at radius 3 is 1.77 bits per heavy atom. The average Bonchev–Trinajstić information content (AvgIpc) is 3.07. The lowest BCUT2D eigenvalue weighted by Gasteiger charge is -2.43. The predicted octanol–water partition coefficient (Wildman–Crippen LogP) is 5.33. The Labute approximate surface area is 175 Å². The van der Waals surface area contributed by atoms with E-state index in [0.717, 1.165) is 16.7 Å². The number of halogens is 1. The lowest BCUT2D eigenvalue weighted by molar-refractivity contribution is 0.140. The van der Waals surface area contributed by atoms with Crippen molar-refractivity contribution < 1.29 is 4.39 Å². The van der Waals surface area contributed by atoms with Crippen molar-refractivity contribution in [3.63, 3.8) is 0 Å². The molecule has 30 heavy (non-hydrogen) atoms. The summed E-state index contributed by atoms with van der Waals surface area (Å²) >= 11 is 0. The Kier molecular flexibility index (Phi) is 5.33. The van der Waals surface area contributed by atoms with Gasteiger partial charge in [-0.2, -0.15) is 14.9 Å². The molecule has 4 rings (SSSR count). The molecule has 3 aromatic rings. The summed E-state index contributed by atoms with van der Waals surface area (Å²) in [5, 5.41) is 19.9. The normalized spacial score (nSPS) is 17.4. The molecule has 1 aliphatic heterocycles. The molecule has 0 spiro atoms. The Morgan fingerprint density at radius 1 is 0.800 bits per heavy atom. The van der Waals surface area contributed by atoms with E-state index in [0.29, 0.717) is 13.0 Å². The molecule has 0 saturated carbocycles. The van der Waals surface area contributed by atoms with Crippen molar-refractivity contribution in [3.8, 4) is 12.1 Å². The smallest absolute Gasteiger partial charge is 0.206 e. The highest BCUT2D eigenvalue weighted by Gasteiger charge is 2.56. The molecule has 3 aromatic carbocycles. The van der Waals surface area contributed by atoms with Crippen LogP contribution < -0.4 is 0 Å². The maximum Gasteiger partial charge on any atom is 0.206 e. The third kappa shape index (κ3) is 3.04. The summed E-state index contributed by atoms with van der Waals surface area (Å²) in [7, 11) is 0. The maximum absolute atomic E-state index is 15.7. The topological polar surface area (TPSA) is 50.8 Å². The van der Waals surface area contributed by atoms with Crippen LogP contribution in [0, 0.1) is 28.6 Å². The molecular weight excluding hydrogens is 373 g/mol. The van der Waals surface area contributed by atoms with Gasteiger partial charge in [0.1, 0.15) is 23.1 Å². The zero-order valence-corrected chi connectivity index (χ0v) is 16.4. The van der Waals surface area contributed by atoms with Crippen LogP contribution >= 0.6 is 0 Å². The highest BCUT2D eigenvalue weighted by molar-refractivity contribution is 5.53. The van der Waals surface area contributed by atoms with Gasteiger partial charge >= 0.3 is 0 Å². The molecule has 0 amide bonds. The summed E-state index contributed by atoms with van der Waals surface area (Å²) in [5.74, 6) is -1.57. The van der Waals surface area contributed by atoms with Crippen LogP contribution in [-0.4, -0.2) is 11.4 Å². The predicted molar refractivity (Wildman–Crippen MR) is 113 cm³/mol. The minimum absolute atomic E-state index is 0.113. The van der Waals surface area contributed by atoms with Crippen molar-refractivity contribution in [2.75, 3.05) is 6.54 Å². The minimum Gasteiger partial charge on any atom is -0.332 e. The second-order valence-corrected chi connectivity index (χ2v) is 7.26. The third-order valence-electron chi connectivity index (χ3n) is 5.74. The standard InChI is InChI=1S/C26H20FN3/c27-25-23(18-28)24(19-29)26(21-12-6-2-7-13-21,22-14-8-3-9-15-22)30(25)17-16-20-10-4-1-5-11-20/h1-15,24H,16-17H2. The molecule has 0 fully saturated rings. The number of hydrogen-bond donors (Lipinski definition) is 0. The van der Waals surface area contributed by atoms with Gasteiger partial charge in [-0.15, -0.1) is 0 Å². The molecule has 1 atom stereocenters. The fourth-order valence-electron chi connectivity index (χ4n) is 4.41. The molecule has 1 aliphatic rings. The number of hydrogen-bond acceptors (Lipinski definition) is 3. The first kappa shape index (κ1) is 19.4.